The standard InChI is InChI=1S/C25H27N3O4/c1-31-23-10-5-9-21(17-23)28-24(29)18-32-22-13-11-19(12-14-22)25(30)27-16-6-15-26-20-7-3-2-4-8-20/h2-5,7-14,17,26H,6,15-16,18H2,1H3,(H,27,30)(H,28,29). The van der Waals surface area contributed by atoms with E-state index in [9.17, 15) is 9.59 Å². The molecule has 0 saturated heterocycles. The van der Waals surface area contributed by atoms with Crippen LogP contribution in [-0.4, -0.2) is 38.6 Å². The van der Waals surface area contributed by atoms with E-state index in [2.05, 4.69) is 16.0 Å². The van der Waals surface area contributed by atoms with Gasteiger partial charge in [0.15, 0.2) is 6.61 Å². The van der Waals surface area contributed by atoms with Crippen molar-refractivity contribution in [3.05, 3.63) is 84.4 Å². The van der Waals surface area contributed by atoms with Crippen molar-refractivity contribution in [3.63, 3.8) is 0 Å². The molecule has 166 valence electrons. The fraction of sp³-hybridized carbons (Fsp3) is 0.200. The van der Waals surface area contributed by atoms with E-state index in [1.165, 1.54) is 0 Å². The molecule has 32 heavy (non-hydrogen) atoms. The highest BCUT2D eigenvalue weighted by Gasteiger charge is 2.07. The second-order valence-corrected chi connectivity index (χ2v) is 7.00. The molecule has 0 bridgehead atoms. The number of carbonyl (C=O) groups excluding carboxylic acids is 2. The maximum atomic E-state index is 12.3. The Hall–Kier alpha value is -4.00. The van der Waals surface area contributed by atoms with E-state index in [0.29, 0.717) is 29.3 Å². The topological polar surface area (TPSA) is 88.7 Å². The molecule has 0 aromatic heterocycles. The number of amides is 2. The number of hydrogen-bond donors (Lipinski definition) is 3. The molecule has 3 aromatic rings. The van der Waals surface area contributed by atoms with Crippen molar-refractivity contribution in [2.45, 2.75) is 6.42 Å². The molecular formula is C25H27N3O4. The fourth-order valence-electron chi connectivity index (χ4n) is 2.93. The van der Waals surface area contributed by atoms with E-state index >= 15 is 0 Å². The Kier molecular flexibility index (Phi) is 8.50. The van der Waals surface area contributed by atoms with Gasteiger partial charge in [-0.1, -0.05) is 24.3 Å². The third kappa shape index (κ3) is 7.36. The lowest BCUT2D eigenvalue weighted by molar-refractivity contribution is -0.118. The highest BCUT2D eigenvalue weighted by Crippen LogP contribution is 2.17. The Morgan fingerprint density at radius 1 is 0.812 bits per heavy atom. The minimum Gasteiger partial charge on any atom is -0.497 e. The van der Waals surface area contributed by atoms with Crippen molar-refractivity contribution in [2.24, 2.45) is 0 Å². The number of ether oxygens (including phenoxy) is 2. The van der Waals surface area contributed by atoms with Crippen molar-refractivity contribution in [2.75, 3.05) is 37.4 Å². The molecule has 0 saturated carbocycles. The van der Waals surface area contributed by atoms with Crippen molar-refractivity contribution >= 4 is 23.2 Å². The van der Waals surface area contributed by atoms with Gasteiger partial charge >= 0.3 is 0 Å². The van der Waals surface area contributed by atoms with E-state index in [1.54, 1.807) is 55.6 Å². The van der Waals surface area contributed by atoms with Gasteiger partial charge in [-0.3, -0.25) is 9.59 Å². The molecule has 7 heteroatoms. The highest BCUT2D eigenvalue weighted by molar-refractivity contribution is 5.94. The first kappa shape index (κ1) is 22.7. The Bertz CT molecular complexity index is 1010. The lowest BCUT2D eigenvalue weighted by Gasteiger charge is -2.10. The summed E-state index contributed by atoms with van der Waals surface area (Å²) in [6, 6.07) is 23.7. The van der Waals surface area contributed by atoms with E-state index in [4.69, 9.17) is 9.47 Å². The lowest BCUT2D eigenvalue weighted by Crippen LogP contribution is -2.25. The van der Waals surface area contributed by atoms with Gasteiger partial charge in [-0.15, -0.1) is 0 Å². The van der Waals surface area contributed by atoms with Crippen LogP contribution in [0.2, 0.25) is 0 Å². The average Bonchev–Trinajstić information content (AvgIpc) is 2.83. The summed E-state index contributed by atoms with van der Waals surface area (Å²) in [5.41, 5.74) is 2.23. The third-order valence-electron chi connectivity index (χ3n) is 4.58. The molecule has 0 spiro atoms. The number of methoxy groups -OCH3 is 1. The van der Waals surface area contributed by atoms with Gasteiger partial charge in [0.25, 0.3) is 11.8 Å². The average molecular weight is 434 g/mol. The van der Waals surface area contributed by atoms with Crippen LogP contribution in [0.15, 0.2) is 78.9 Å². The zero-order valence-corrected chi connectivity index (χ0v) is 18.0. The molecule has 0 atom stereocenters. The first-order valence-corrected chi connectivity index (χ1v) is 10.4. The molecule has 7 nitrogen and oxygen atoms in total. The zero-order valence-electron chi connectivity index (χ0n) is 18.0. The predicted octanol–water partition coefficient (Wildman–Crippen LogP) is 3.94. The molecule has 0 aliphatic heterocycles. The van der Waals surface area contributed by atoms with Crippen molar-refractivity contribution in [3.8, 4) is 11.5 Å². The summed E-state index contributed by atoms with van der Waals surface area (Å²) in [6.45, 7) is 1.20. The monoisotopic (exact) mass is 433 g/mol. The lowest BCUT2D eigenvalue weighted by atomic mass is 10.2. The number of hydrogen-bond acceptors (Lipinski definition) is 5. The van der Waals surface area contributed by atoms with Crippen LogP contribution in [0.5, 0.6) is 11.5 Å². The maximum Gasteiger partial charge on any atom is 0.262 e. The number of benzene rings is 3. The van der Waals surface area contributed by atoms with Crippen LogP contribution in [0.1, 0.15) is 16.8 Å². The molecule has 3 N–H and O–H groups in total. The predicted molar refractivity (Wildman–Crippen MR) is 125 cm³/mol. The van der Waals surface area contributed by atoms with Crippen molar-refractivity contribution in [1.29, 1.82) is 0 Å². The number of para-hydroxylation sites is 1. The molecule has 0 aliphatic rings. The highest BCUT2D eigenvalue weighted by atomic mass is 16.5. The van der Waals surface area contributed by atoms with Gasteiger partial charge in [-0.25, -0.2) is 0 Å². The summed E-state index contributed by atoms with van der Waals surface area (Å²) in [5.74, 6) is 0.732. The summed E-state index contributed by atoms with van der Waals surface area (Å²) in [5, 5.41) is 8.95. The Labute approximate surface area is 187 Å². The summed E-state index contributed by atoms with van der Waals surface area (Å²) in [4.78, 5) is 24.3. The first-order chi connectivity index (χ1) is 15.6. The second-order valence-electron chi connectivity index (χ2n) is 7.00. The molecule has 0 heterocycles. The number of nitrogens with one attached hydrogen (secondary N) is 3. The van der Waals surface area contributed by atoms with Crippen LogP contribution in [0.3, 0.4) is 0 Å². The van der Waals surface area contributed by atoms with Crippen molar-refractivity contribution in [1.82, 2.24) is 5.32 Å². The molecule has 3 aromatic carbocycles. The zero-order chi connectivity index (χ0) is 22.6. The summed E-state index contributed by atoms with van der Waals surface area (Å²) < 4.78 is 10.6. The van der Waals surface area contributed by atoms with Crippen LogP contribution >= 0.6 is 0 Å². The van der Waals surface area contributed by atoms with Crippen LogP contribution in [-0.2, 0) is 4.79 Å². The van der Waals surface area contributed by atoms with Gasteiger partial charge in [0.1, 0.15) is 11.5 Å². The number of anilines is 2. The quantitative estimate of drug-likeness (QED) is 0.399. The first-order valence-electron chi connectivity index (χ1n) is 10.4. The summed E-state index contributed by atoms with van der Waals surface area (Å²) in [6.07, 6.45) is 0.810. The smallest absolute Gasteiger partial charge is 0.262 e. The number of carbonyl (C=O) groups is 2. The van der Waals surface area contributed by atoms with E-state index < -0.39 is 0 Å². The maximum absolute atomic E-state index is 12.3. The third-order valence-corrected chi connectivity index (χ3v) is 4.58. The molecule has 0 fully saturated rings. The van der Waals surface area contributed by atoms with Gasteiger partial charge in [-0.2, -0.15) is 0 Å². The largest absolute Gasteiger partial charge is 0.497 e. The molecule has 2 amide bonds. The van der Waals surface area contributed by atoms with Gasteiger partial charge in [0.05, 0.1) is 7.11 Å². The van der Waals surface area contributed by atoms with Gasteiger partial charge in [0, 0.05) is 36.1 Å². The molecular weight excluding hydrogens is 406 g/mol. The molecule has 0 radical (unpaired) electrons. The molecule has 0 aliphatic carbocycles. The van der Waals surface area contributed by atoms with E-state index in [1.807, 2.05) is 30.3 Å². The van der Waals surface area contributed by atoms with Crippen LogP contribution in [0, 0.1) is 0 Å². The van der Waals surface area contributed by atoms with Crippen molar-refractivity contribution < 1.29 is 19.1 Å². The Morgan fingerprint density at radius 3 is 2.31 bits per heavy atom. The second kappa shape index (κ2) is 12.0. The summed E-state index contributed by atoms with van der Waals surface area (Å²) >= 11 is 0. The molecule has 3 rings (SSSR count). The minimum atomic E-state index is -0.288. The molecule has 0 unspecified atom stereocenters. The fourth-order valence-corrected chi connectivity index (χ4v) is 2.93. The number of rotatable bonds is 11. The Balaban J connectivity index is 1.36. The normalized spacial score (nSPS) is 10.2. The van der Waals surface area contributed by atoms with Crippen LogP contribution in [0.4, 0.5) is 11.4 Å². The van der Waals surface area contributed by atoms with Gasteiger partial charge in [-0.05, 0) is 55.0 Å². The van der Waals surface area contributed by atoms with Crippen LogP contribution in [0.25, 0.3) is 0 Å². The SMILES string of the molecule is COc1cccc(NC(=O)COc2ccc(C(=O)NCCCNc3ccccc3)cc2)c1. The van der Waals surface area contributed by atoms with E-state index in [-0.39, 0.29) is 18.4 Å². The van der Waals surface area contributed by atoms with Gasteiger partial charge in [0.2, 0.25) is 0 Å². The Morgan fingerprint density at radius 2 is 1.56 bits per heavy atom. The van der Waals surface area contributed by atoms with Gasteiger partial charge < -0.3 is 25.4 Å². The summed E-state index contributed by atoms with van der Waals surface area (Å²) in [7, 11) is 1.57. The minimum absolute atomic E-state index is 0.142. The van der Waals surface area contributed by atoms with Crippen LogP contribution < -0.4 is 25.4 Å². The van der Waals surface area contributed by atoms with E-state index in [0.717, 1.165) is 18.7 Å².